The Hall–Kier alpha value is -2.38. The van der Waals surface area contributed by atoms with E-state index in [0.29, 0.717) is 25.9 Å². The lowest BCUT2D eigenvalue weighted by atomic mass is 9.82. The Morgan fingerprint density at radius 1 is 1.16 bits per heavy atom. The normalized spacial score (nSPS) is 20.0. The van der Waals surface area contributed by atoms with Crippen LogP contribution in [0.25, 0.3) is 0 Å². The summed E-state index contributed by atoms with van der Waals surface area (Å²) < 4.78 is 33.3. The molecular weight excluding hydrogens is 424 g/mol. The second-order valence-corrected chi connectivity index (χ2v) is 11.7. The van der Waals surface area contributed by atoms with Gasteiger partial charge in [-0.25, -0.2) is 8.42 Å². The summed E-state index contributed by atoms with van der Waals surface area (Å²) in [5, 5.41) is 2.98. The Kier molecular flexibility index (Phi) is 7.00. The molecule has 1 atom stereocenters. The summed E-state index contributed by atoms with van der Waals surface area (Å²) in [7, 11) is -2.06. The van der Waals surface area contributed by atoms with Crippen LogP contribution in [-0.2, 0) is 26.8 Å². The van der Waals surface area contributed by atoms with Crippen molar-refractivity contribution in [2.45, 2.75) is 57.4 Å². The fraction of sp³-hybridized carbons (Fsp3) is 0.480. The van der Waals surface area contributed by atoms with Crippen LogP contribution in [0.4, 0.5) is 0 Å². The van der Waals surface area contributed by atoms with Gasteiger partial charge in [0, 0.05) is 19.6 Å². The van der Waals surface area contributed by atoms with Gasteiger partial charge in [-0.1, -0.05) is 45.0 Å². The zero-order valence-corrected chi connectivity index (χ0v) is 20.5. The number of methoxy groups -OCH3 is 1. The summed E-state index contributed by atoms with van der Waals surface area (Å²) >= 11 is 0. The van der Waals surface area contributed by atoms with Crippen molar-refractivity contribution in [2.24, 2.45) is 5.41 Å². The van der Waals surface area contributed by atoms with Crippen LogP contribution >= 0.6 is 0 Å². The van der Waals surface area contributed by atoms with Crippen LogP contribution in [-0.4, -0.2) is 38.8 Å². The number of hydrogen-bond acceptors (Lipinski definition) is 4. The van der Waals surface area contributed by atoms with Gasteiger partial charge in [-0.3, -0.25) is 4.79 Å². The fourth-order valence-electron chi connectivity index (χ4n) is 4.04. The lowest BCUT2D eigenvalue weighted by Gasteiger charge is -2.38. The molecule has 0 radical (unpaired) electrons. The number of nitrogens with zero attached hydrogens (tertiary/aromatic N) is 1. The molecule has 1 amide bonds. The van der Waals surface area contributed by atoms with E-state index in [-0.39, 0.29) is 22.8 Å². The van der Waals surface area contributed by atoms with Crippen molar-refractivity contribution >= 4 is 15.9 Å². The molecule has 0 bridgehead atoms. The van der Waals surface area contributed by atoms with Crippen LogP contribution in [0.15, 0.2) is 53.4 Å². The maximum atomic E-state index is 13.3. The highest BCUT2D eigenvalue weighted by Crippen LogP contribution is 2.33. The van der Waals surface area contributed by atoms with E-state index >= 15 is 0 Å². The van der Waals surface area contributed by atoms with Gasteiger partial charge in [-0.2, -0.15) is 4.31 Å². The van der Waals surface area contributed by atoms with E-state index in [1.54, 1.807) is 19.2 Å². The lowest BCUT2D eigenvalue weighted by molar-refractivity contribution is -0.132. The Bertz CT molecular complexity index is 1060. The molecule has 6 nitrogen and oxygen atoms in total. The highest BCUT2D eigenvalue weighted by molar-refractivity contribution is 7.89. The maximum Gasteiger partial charge on any atom is 0.243 e. The topological polar surface area (TPSA) is 75.7 Å². The molecule has 32 heavy (non-hydrogen) atoms. The van der Waals surface area contributed by atoms with E-state index in [1.165, 1.54) is 4.31 Å². The van der Waals surface area contributed by atoms with Crippen LogP contribution in [0.1, 0.15) is 51.7 Å². The molecule has 7 heteroatoms. The highest BCUT2D eigenvalue weighted by Gasteiger charge is 2.41. The molecule has 1 unspecified atom stereocenters. The summed E-state index contributed by atoms with van der Waals surface area (Å²) in [4.78, 5) is 13.3. The third-order valence-corrected chi connectivity index (χ3v) is 8.01. The van der Waals surface area contributed by atoms with Crippen LogP contribution in [0, 0.1) is 5.41 Å². The van der Waals surface area contributed by atoms with Crippen molar-refractivity contribution in [3.05, 3.63) is 59.7 Å². The van der Waals surface area contributed by atoms with E-state index in [0.717, 1.165) is 16.9 Å². The fourth-order valence-corrected chi connectivity index (χ4v) is 5.64. The summed E-state index contributed by atoms with van der Waals surface area (Å²) in [5.41, 5.74) is 1.18. The maximum absolute atomic E-state index is 13.3. The molecular formula is C25H34N2O4S. The minimum atomic E-state index is -3.67. The van der Waals surface area contributed by atoms with Gasteiger partial charge in [0.2, 0.25) is 15.9 Å². The zero-order chi connectivity index (χ0) is 23.6. The number of benzene rings is 2. The molecule has 0 aromatic heterocycles. The smallest absolute Gasteiger partial charge is 0.243 e. The molecule has 1 heterocycles. The SMILES string of the molecule is COc1cccc(CNC(=O)C2(C)CCCN(S(=O)(=O)c3ccc(C(C)(C)C)cc3)C2)c1. The van der Waals surface area contributed by atoms with Crippen molar-refractivity contribution in [1.82, 2.24) is 9.62 Å². The predicted octanol–water partition coefficient (Wildman–Crippen LogP) is 4.10. The van der Waals surface area contributed by atoms with Crippen LogP contribution in [0.5, 0.6) is 5.75 Å². The second kappa shape index (κ2) is 9.24. The monoisotopic (exact) mass is 458 g/mol. The lowest BCUT2D eigenvalue weighted by Crippen LogP contribution is -2.51. The first-order valence-corrected chi connectivity index (χ1v) is 12.4. The standard InChI is InChI=1S/C25H34N2O4S/c1-24(2,3)20-10-12-22(13-11-20)32(29,30)27-15-7-14-25(4,18-27)23(28)26-17-19-8-6-9-21(16-19)31-5/h6,8-13,16H,7,14-15,17-18H2,1-5H3,(H,26,28). The van der Waals surface area contributed by atoms with Crippen LogP contribution in [0.3, 0.4) is 0 Å². The molecule has 1 N–H and O–H groups in total. The number of piperidine rings is 1. The van der Waals surface area contributed by atoms with E-state index in [9.17, 15) is 13.2 Å². The molecule has 0 aliphatic carbocycles. The second-order valence-electron chi connectivity index (χ2n) is 9.81. The first-order valence-electron chi connectivity index (χ1n) is 11.0. The molecule has 0 spiro atoms. The third kappa shape index (κ3) is 5.33. The van der Waals surface area contributed by atoms with Gasteiger partial charge >= 0.3 is 0 Å². The zero-order valence-electron chi connectivity index (χ0n) is 19.6. The van der Waals surface area contributed by atoms with Gasteiger partial charge in [-0.05, 0) is 60.6 Å². The first-order chi connectivity index (χ1) is 15.0. The van der Waals surface area contributed by atoms with Gasteiger partial charge in [0.15, 0.2) is 0 Å². The molecule has 3 rings (SSSR count). The van der Waals surface area contributed by atoms with Gasteiger partial charge in [0.05, 0.1) is 17.4 Å². The van der Waals surface area contributed by atoms with Gasteiger partial charge in [-0.15, -0.1) is 0 Å². The molecule has 174 valence electrons. The van der Waals surface area contributed by atoms with Crippen LogP contribution in [0.2, 0.25) is 0 Å². The predicted molar refractivity (Wildman–Crippen MR) is 126 cm³/mol. The van der Waals surface area contributed by atoms with Crippen molar-refractivity contribution in [3.8, 4) is 5.75 Å². The number of sulfonamides is 1. The van der Waals surface area contributed by atoms with E-state index < -0.39 is 15.4 Å². The minimum absolute atomic E-state index is 0.0488. The summed E-state index contributed by atoms with van der Waals surface area (Å²) in [6, 6.07) is 14.6. The number of ether oxygens (including phenoxy) is 1. The molecule has 2 aromatic carbocycles. The molecule has 1 aliphatic rings. The van der Waals surface area contributed by atoms with Crippen molar-refractivity contribution in [1.29, 1.82) is 0 Å². The molecule has 2 aromatic rings. The minimum Gasteiger partial charge on any atom is -0.497 e. The summed E-state index contributed by atoms with van der Waals surface area (Å²) in [5.74, 6) is 0.596. The number of carbonyl (C=O) groups is 1. The molecule has 1 fully saturated rings. The quantitative estimate of drug-likeness (QED) is 0.707. The summed E-state index contributed by atoms with van der Waals surface area (Å²) in [6.07, 6.45) is 1.29. The largest absolute Gasteiger partial charge is 0.497 e. The van der Waals surface area contributed by atoms with E-state index in [4.69, 9.17) is 4.74 Å². The Morgan fingerprint density at radius 2 is 1.84 bits per heavy atom. The highest BCUT2D eigenvalue weighted by atomic mass is 32.2. The van der Waals surface area contributed by atoms with Crippen LogP contribution < -0.4 is 10.1 Å². The van der Waals surface area contributed by atoms with E-state index in [2.05, 4.69) is 26.1 Å². The Morgan fingerprint density at radius 3 is 2.47 bits per heavy atom. The van der Waals surface area contributed by atoms with Crippen molar-refractivity contribution < 1.29 is 17.9 Å². The van der Waals surface area contributed by atoms with Crippen molar-refractivity contribution in [3.63, 3.8) is 0 Å². The number of amides is 1. The number of rotatable bonds is 6. The van der Waals surface area contributed by atoms with Crippen molar-refractivity contribution in [2.75, 3.05) is 20.2 Å². The number of carbonyl (C=O) groups excluding carboxylic acids is 1. The van der Waals surface area contributed by atoms with Gasteiger partial charge < -0.3 is 10.1 Å². The first kappa shape index (κ1) is 24.3. The molecule has 1 aliphatic heterocycles. The number of nitrogens with one attached hydrogen (secondary N) is 1. The van der Waals surface area contributed by atoms with Gasteiger partial charge in [0.25, 0.3) is 0 Å². The Balaban J connectivity index is 1.71. The average Bonchev–Trinajstić information content (AvgIpc) is 2.77. The summed E-state index contributed by atoms with van der Waals surface area (Å²) in [6.45, 7) is 9.08. The molecule has 1 saturated heterocycles. The Labute approximate surface area is 192 Å². The van der Waals surface area contributed by atoms with E-state index in [1.807, 2.05) is 43.3 Å². The molecule has 0 saturated carbocycles. The van der Waals surface area contributed by atoms with Gasteiger partial charge in [0.1, 0.15) is 5.75 Å². The third-order valence-electron chi connectivity index (χ3n) is 6.15. The average molecular weight is 459 g/mol. The number of hydrogen-bond donors (Lipinski definition) is 1.